The highest BCUT2D eigenvalue weighted by molar-refractivity contribution is 6.18. The zero-order valence-electron chi connectivity index (χ0n) is 9.92. The summed E-state index contributed by atoms with van der Waals surface area (Å²) in [6.07, 6.45) is 0.684. The van der Waals surface area contributed by atoms with Crippen molar-refractivity contribution < 1.29 is 9.53 Å². The van der Waals surface area contributed by atoms with E-state index in [4.69, 9.17) is 16.3 Å². The number of carbonyl (C=O) groups is 1. The van der Waals surface area contributed by atoms with Crippen LogP contribution in [0.25, 0.3) is 0 Å². The van der Waals surface area contributed by atoms with Gasteiger partial charge in [-0.05, 0) is 26.2 Å². The summed E-state index contributed by atoms with van der Waals surface area (Å²) in [5.74, 6) is 0.785. The smallest absolute Gasteiger partial charge is 0.252 e. The first-order chi connectivity index (χ1) is 6.90. The Hall–Kier alpha value is -0.280. The zero-order chi connectivity index (χ0) is 11.6. The van der Waals surface area contributed by atoms with Gasteiger partial charge in [-0.1, -0.05) is 6.92 Å². The Labute approximate surface area is 96.7 Å². The van der Waals surface area contributed by atoms with Crippen LogP contribution < -0.4 is 0 Å². The topological polar surface area (TPSA) is 29.5 Å². The van der Waals surface area contributed by atoms with Crippen molar-refractivity contribution in [2.45, 2.75) is 38.8 Å². The number of hydrogen-bond donors (Lipinski definition) is 0. The molecule has 0 N–H and O–H groups in total. The lowest BCUT2D eigenvalue weighted by atomic mass is 10.00. The minimum Gasteiger partial charge on any atom is -0.368 e. The van der Waals surface area contributed by atoms with Crippen molar-refractivity contribution in [1.82, 2.24) is 4.90 Å². The summed E-state index contributed by atoms with van der Waals surface area (Å²) in [5, 5.41) is 0. The van der Waals surface area contributed by atoms with Crippen molar-refractivity contribution in [3.63, 3.8) is 0 Å². The minimum atomic E-state index is -0.315. The molecule has 1 aliphatic heterocycles. The third kappa shape index (κ3) is 2.64. The number of rotatable bonds is 3. The van der Waals surface area contributed by atoms with Gasteiger partial charge in [0.05, 0.1) is 5.54 Å². The molecule has 1 rings (SSSR count). The zero-order valence-corrected chi connectivity index (χ0v) is 10.7. The highest BCUT2D eigenvalue weighted by atomic mass is 35.5. The van der Waals surface area contributed by atoms with Gasteiger partial charge in [-0.25, -0.2) is 0 Å². The van der Waals surface area contributed by atoms with Gasteiger partial charge in [0.25, 0.3) is 5.91 Å². The maximum Gasteiger partial charge on any atom is 0.252 e. The van der Waals surface area contributed by atoms with E-state index in [1.807, 2.05) is 13.8 Å². The number of halogens is 1. The van der Waals surface area contributed by atoms with E-state index in [2.05, 4.69) is 6.92 Å². The van der Waals surface area contributed by atoms with Crippen LogP contribution in [-0.2, 0) is 9.53 Å². The van der Waals surface area contributed by atoms with E-state index in [1.165, 1.54) is 0 Å². The molecule has 0 aromatic heterocycles. The highest BCUT2D eigenvalue weighted by Crippen LogP contribution is 2.24. The van der Waals surface area contributed by atoms with Crippen LogP contribution in [0, 0.1) is 5.92 Å². The molecule has 2 atom stereocenters. The molecule has 0 saturated carbocycles. The second-order valence-corrected chi connectivity index (χ2v) is 5.17. The normalized spacial score (nSPS) is 26.7. The van der Waals surface area contributed by atoms with Gasteiger partial charge in [0, 0.05) is 19.5 Å². The molecule has 3 nitrogen and oxygen atoms in total. The van der Waals surface area contributed by atoms with Crippen molar-refractivity contribution in [2.24, 2.45) is 5.92 Å². The Bertz CT molecular complexity index is 243. The Balaban J connectivity index is 2.67. The first-order valence-corrected chi connectivity index (χ1v) is 5.89. The van der Waals surface area contributed by atoms with E-state index in [-0.39, 0.29) is 17.6 Å². The number of carbonyl (C=O) groups excluding carboxylic acids is 1. The molecule has 1 aliphatic rings. The fourth-order valence-corrected chi connectivity index (χ4v) is 1.77. The summed E-state index contributed by atoms with van der Waals surface area (Å²) in [5.41, 5.74) is -0.315. The summed E-state index contributed by atoms with van der Waals surface area (Å²) in [7, 11) is 1.79. The summed E-state index contributed by atoms with van der Waals surface area (Å²) in [4.78, 5) is 13.8. The molecule has 1 heterocycles. The number of alkyl halides is 1. The molecule has 1 amide bonds. The van der Waals surface area contributed by atoms with Crippen molar-refractivity contribution in [1.29, 1.82) is 0 Å². The SMILES string of the molecule is CC1CCOC1C(=O)N(C)C(C)(C)CCl. The number of hydrogen-bond acceptors (Lipinski definition) is 2. The Morgan fingerprint density at radius 1 is 1.60 bits per heavy atom. The lowest BCUT2D eigenvalue weighted by Crippen LogP contribution is -2.51. The van der Waals surface area contributed by atoms with Gasteiger partial charge in [-0.15, -0.1) is 11.6 Å². The van der Waals surface area contributed by atoms with E-state index < -0.39 is 0 Å². The van der Waals surface area contributed by atoms with Crippen LogP contribution in [-0.4, -0.2) is 42.0 Å². The monoisotopic (exact) mass is 233 g/mol. The lowest BCUT2D eigenvalue weighted by molar-refractivity contribution is -0.145. The van der Waals surface area contributed by atoms with Crippen LogP contribution >= 0.6 is 11.6 Å². The molecule has 4 heteroatoms. The van der Waals surface area contributed by atoms with E-state index in [9.17, 15) is 4.79 Å². The van der Waals surface area contributed by atoms with Gasteiger partial charge in [0.2, 0.25) is 0 Å². The van der Waals surface area contributed by atoms with Gasteiger partial charge in [-0.3, -0.25) is 4.79 Å². The summed E-state index contributed by atoms with van der Waals surface area (Å²) in [6, 6.07) is 0. The second-order valence-electron chi connectivity index (χ2n) is 4.90. The van der Waals surface area contributed by atoms with Gasteiger partial charge in [0.15, 0.2) is 0 Å². The maximum atomic E-state index is 12.1. The Morgan fingerprint density at radius 2 is 2.20 bits per heavy atom. The van der Waals surface area contributed by atoms with Crippen LogP contribution in [0.4, 0.5) is 0 Å². The average molecular weight is 234 g/mol. The summed E-state index contributed by atoms with van der Waals surface area (Å²) in [6.45, 7) is 6.65. The highest BCUT2D eigenvalue weighted by Gasteiger charge is 2.37. The predicted octanol–water partition coefficient (Wildman–Crippen LogP) is 1.89. The van der Waals surface area contributed by atoms with Crippen molar-refractivity contribution in [3.8, 4) is 0 Å². The standard InChI is InChI=1S/C11H20ClNO2/c1-8-5-6-15-9(8)10(14)13(4)11(2,3)7-12/h8-9H,5-7H2,1-4H3. The van der Waals surface area contributed by atoms with E-state index >= 15 is 0 Å². The third-order valence-corrected chi connectivity index (χ3v) is 3.85. The van der Waals surface area contributed by atoms with Crippen molar-refractivity contribution in [2.75, 3.05) is 19.5 Å². The van der Waals surface area contributed by atoms with Crippen molar-refractivity contribution >= 4 is 17.5 Å². The number of ether oxygens (including phenoxy) is 1. The molecule has 0 aliphatic carbocycles. The lowest BCUT2D eigenvalue weighted by Gasteiger charge is -2.36. The van der Waals surface area contributed by atoms with Gasteiger partial charge in [-0.2, -0.15) is 0 Å². The van der Waals surface area contributed by atoms with Crippen LogP contribution in [0.1, 0.15) is 27.2 Å². The summed E-state index contributed by atoms with van der Waals surface area (Å²) >= 11 is 5.84. The third-order valence-electron chi connectivity index (χ3n) is 3.20. The molecule has 1 saturated heterocycles. The van der Waals surface area contributed by atoms with E-state index in [1.54, 1.807) is 11.9 Å². The van der Waals surface area contributed by atoms with Gasteiger partial charge < -0.3 is 9.64 Å². The minimum absolute atomic E-state index is 0.0469. The fourth-order valence-electron chi connectivity index (χ4n) is 1.59. The molecule has 15 heavy (non-hydrogen) atoms. The molecule has 1 fully saturated rings. The largest absolute Gasteiger partial charge is 0.368 e. The average Bonchev–Trinajstić information content (AvgIpc) is 2.62. The first-order valence-electron chi connectivity index (χ1n) is 5.35. The molecule has 0 bridgehead atoms. The number of amides is 1. The predicted molar refractivity (Wildman–Crippen MR) is 61.1 cm³/mol. The number of nitrogens with zero attached hydrogens (tertiary/aromatic N) is 1. The molecule has 0 aromatic rings. The van der Waals surface area contributed by atoms with Crippen LogP contribution in [0.3, 0.4) is 0 Å². The quantitative estimate of drug-likeness (QED) is 0.697. The fraction of sp³-hybridized carbons (Fsp3) is 0.909. The van der Waals surface area contributed by atoms with Crippen LogP contribution in [0.15, 0.2) is 0 Å². The molecule has 2 unspecified atom stereocenters. The molecule has 0 radical (unpaired) electrons. The summed E-state index contributed by atoms with van der Waals surface area (Å²) < 4.78 is 5.45. The molecular formula is C11H20ClNO2. The van der Waals surface area contributed by atoms with Crippen LogP contribution in [0.5, 0.6) is 0 Å². The van der Waals surface area contributed by atoms with E-state index in [0.717, 1.165) is 6.42 Å². The first kappa shape index (κ1) is 12.8. The van der Waals surface area contributed by atoms with Crippen molar-refractivity contribution in [3.05, 3.63) is 0 Å². The van der Waals surface area contributed by atoms with E-state index in [0.29, 0.717) is 18.4 Å². The molecular weight excluding hydrogens is 214 g/mol. The molecule has 88 valence electrons. The molecule has 0 spiro atoms. The Morgan fingerprint density at radius 3 is 2.60 bits per heavy atom. The second kappa shape index (κ2) is 4.71. The maximum absolute atomic E-state index is 12.1. The molecule has 0 aromatic carbocycles. The number of likely N-dealkylation sites (N-methyl/N-ethyl adjacent to an activating group) is 1. The Kier molecular flexibility index (Phi) is 4.01. The van der Waals surface area contributed by atoms with Crippen LogP contribution in [0.2, 0.25) is 0 Å². The van der Waals surface area contributed by atoms with Gasteiger partial charge >= 0.3 is 0 Å². The van der Waals surface area contributed by atoms with Gasteiger partial charge in [0.1, 0.15) is 6.10 Å².